The third-order valence-corrected chi connectivity index (χ3v) is 5.97. The Morgan fingerprint density at radius 3 is 2.78 bits per heavy atom. The van der Waals surface area contributed by atoms with Crippen LogP contribution in [-0.4, -0.2) is 53.3 Å². The lowest BCUT2D eigenvalue weighted by molar-refractivity contribution is 0.0911. The summed E-state index contributed by atoms with van der Waals surface area (Å²) in [7, 11) is 1.94. The van der Waals surface area contributed by atoms with Crippen molar-refractivity contribution >= 4 is 17.5 Å². The summed E-state index contributed by atoms with van der Waals surface area (Å²) < 4.78 is 0. The fourth-order valence-electron chi connectivity index (χ4n) is 3.54. The van der Waals surface area contributed by atoms with Crippen molar-refractivity contribution in [2.24, 2.45) is 5.73 Å². The van der Waals surface area contributed by atoms with Gasteiger partial charge in [-0.25, -0.2) is 4.98 Å². The molecule has 1 saturated carbocycles. The van der Waals surface area contributed by atoms with Crippen molar-refractivity contribution in [2.75, 3.05) is 30.4 Å². The Balaban J connectivity index is 1.59. The zero-order valence-electron chi connectivity index (χ0n) is 18.9. The third-order valence-electron chi connectivity index (χ3n) is 5.97. The molecule has 32 heavy (non-hydrogen) atoms. The Morgan fingerprint density at radius 2 is 2.12 bits per heavy atom. The fraction of sp³-hybridized carbons (Fsp3) is 0.522. The van der Waals surface area contributed by atoms with E-state index in [1.165, 1.54) is 12.5 Å². The Kier molecular flexibility index (Phi) is 8.24. The van der Waals surface area contributed by atoms with Gasteiger partial charge in [-0.15, -0.1) is 0 Å². The summed E-state index contributed by atoms with van der Waals surface area (Å²) in [5.74, 6) is 1.18. The van der Waals surface area contributed by atoms with Crippen LogP contribution >= 0.6 is 0 Å². The number of aliphatic hydroxyl groups excluding tert-OH is 1. The number of anilines is 2. The van der Waals surface area contributed by atoms with Gasteiger partial charge in [0.25, 0.3) is 5.91 Å². The maximum absolute atomic E-state index is 12.8. The van der Waals surface area contributed by atoms with Crippen LogP contribution in [0.5, 0.6) is 0 Å². The van der Waals surface area contributed by atoms with Gasteiger partial charge in [0, 0.05) is 50.6 Å². The summed E-state index contributed by atoms with van der Waals surface area (Å²) in [6.45, 7) is 3.20. The number of hydrogen-bond acceptors (Lipinski definition) is 7. The Hall–Kier alpha value is -2.91. The molecule has 0 aromatic carbocycles. The summed E-state index contributed by atoms with van der Waals surface area (Å²) in [5, 5.41) is 16.6. The smallest absolute Gasteiger partial charge is 0.251 e. The lowest BCUT2D eigenvalue weighted by Gasteiger charge is -2.28. The number of aromatic amines is 1. The second-order valence-corrected chi connectivity index (χ2v) is 8.34. The third kappa shape index (κ3) is 6.30. The molecule has 1 fully saturated rings. The van der Waals surface area contributed by atoms with Gasteiger partial charge in [-0.3, -0.25) is 9.59 Å². The van der Waals surface area contributed by atoms with E-state index in [9.17, 15) is 14.7 Å². The van der Waals surface area contributed by atoms with E-state index in [1.807, 2.05) is 18.9 Å². The van der Waals surface area contributed by atoms with Crippen LogP contribution in [-0.2, 0) is 13.0 Å². The van der Waals surface area contributed by atoms with Crippen molar-refractivity contribution in [3.8, 4) is 0 Å². The van der Waals surface area contributed by atoms with Gasteiger partial charge < -0.3 is 31.4 Å². The predicted molar refractivity (Wildman–Crippen MR) is 126 cm³/mol. The highest BCUT2D eigenvalue weighted by molar-refractivity contribution is 5.95. The molecule has 174 valence electrons. The molecule has 9 nitrogen and oxygen atoms in total. The van der Waals surface area contributed by atoms with Crippen molar-refractivity contribution in [1.29, 1.82) is 0 Å². The number of nitrogens with one attached hydrogen (secondary N) is 3. The summed E-state index contributed by atoms with van der Waals surface area (Å²) in [6.07, 6.45) is 5.35. The number of hydrogen-bond donors (Lipinski definition) is 5. The molecular formula is C23H34N6O3. The van der Waals surface area contributed by atoms with Crippen LogP contribution in [0.1, 0.15) is 54.1 Å². The first-order valence-corrected chi connectivity index (χ1v) is 11.3. The quantitative estimate of drug-likeness (QED) is 0.354. The maximum Gasteiger partial charge on any atom is 0.251 e. The zero-order chi connectivity index (χ0) is 23.1. The number of aromatic nitrogens is 2. The van der Waals surface area contributed by atoms with E-state index in [0.717, 1.165) is 36.3 Å². The molecule has 3 rings (SSSR count). The van der Waals surface area contributed by atoms with Gasteiger partial charge in [-0.2, -0.15) is 0 Å². The Morgan fingerprint density at radius 1 is 1.34 bits per heavy atom. The van der Waals surface area contributed by atoms with Crippen LogP contribution in [0.15, 0.2) is 29.2 Å². The fourth-order valence-corrected chi connectivity index (χ4v) is 3.54. The van der Waals surface area contributed by atoms with Crippen LogP contribution < -0.4 is 26.8 Å². The van der Waals surface area contributed by atoms with E-state index in [4.69, 9.17) is 5.73 Å². The van der Waals surface area contributed by atoms with E-state index in [2.05, 4.69) is 20.6 Å². The SMILES string of the molecule is CCN(C)c1cc(C(=O)NC[C@@H](O)CCc2c[nH]c(=O)cc2CN)cc(NC2CCC2)n1. The van der Waals surface area contributed by atoms with E-state index < -0.39 is 6.10 Å². The topological polar surface area (TPSA) is 136 Å². The van der Waals surface area contributed by atoms with Crippen molar-refractivity contribution in [2.45, 2.75) is 57.7 Å². The van der Waals surface area contributed by atoms with Gasteiger partial charge in [-0.1, -0.05) is 0 Å². The monoisotopic (exact) mass is 442 g/mol. The number of rotatable bonds is 11. The molecule has 1 aliphatic carbocycles. The van der Waals surface area contributed by atoms with E-state index in [1.54, 1.807) is 18.3 Å². The average molecular weight is 443 g/mol. The second-order valence-electron chi connectivity index (χ2n) is 8.34. The number of nitrogens with two attached hydrogens (primary N) is 1. The number of nitrogens with zero attached hydrogens (tertiary/aromatic N) is 2. The summed E-state index contributed by atoms with van der Waals surface area (Å²) >= 11 is 0. The Bertz CT molecular complexity index is 972. The van der Waals surface area contributed by atoms with Crippen LogP contribution in [0.3, 0.4) is 0 Å². The first kappa shape index (κ1) is 23.7. The molecule has 1 atom stereocenters. The molecule has 0 radical (unpaired) electrons. The minimum absolute atomic E-state index is 0.132. The number of aryl methyl sites for hydroxylation is 1. The Labute approximate surface area is 188 Å². The predicted octanol–water partition coefficient (Wildman–Crippen LogP) is 1.37. The number of amides is 1. The molecule has 0 unspecified atom stereocenters. The number of aliphatic hydroxyl groups is 1. The molecule has 0 aliphatic heterocycles. The molecule has 9 heteroatoms. The first-order valence-electron chi connectivity index (χ1n) is 11.3. The molecule has 2 aromatic heterocycles. The van der Waals surface area contributed by atoms with Gasteiger partial charge in [0.15, 0.2) is 0 Å². The molecule has 0 saturated heterocycles. The van der Waals surface area contributed by atoms with E-state index in [0.29, 0.717) is 30.3 Å². The molecule has 1 aliphatic rings. The number of carbonyl (C=O) groups excluding carboxylic acids is 1. The first-order chi connectivity index (χ1) is 15.4. The van der Waals surface area contributed by atoms with Crippen LogP contribution in [0.2, 0.25) is 0 Å². The maximum atomic E-state index is 12.8. The van der Waals surface area contributed by atoms with Gasteiger partial charge in [0.1, 0.15) is 11.6 Å². The molecule has 2 heterocycles. The highest BCUT2D eigenvalue weighted by Gasteiger charge is 2.19. The summed E-state index contributed by atoms with van der Waals surface area (Å²) in [4.78, 5) is 33.5. The number of H-pyrrole nitrogens is 1. The van der Waals surface area contributed by atoms with Gasteiger partial charge in [-0.05, 0) is 62.3 Å². The number of carbonyl (C=O) groups is 1. The van der Waals surface area contributed by atoms with Gasteiger partial charge >= 0.3 is 0 Å². The molecule has 0 bridgehead atoms. The standard InChI is InChI=1S/C23H34N6O3/c1-3-29(2)21-10-16(9-20(28-21)27-18-5-4-6-18)23(32)26-14-19(30)8-7-15-13-25-22(31)11-17(15)12-24/h9-11,13,18-19,30H,3-8,12,14,24H2,1-2H3,(H,25,31)(H,26,32)(H,27,28)/t19-/m0/s1. The van der Waals surface area contributed by atoms with E-state index in [-0.39, 0.29) is 24.6 Å². The van der Waals surface area contributed by atoms with Crippen molar-refractivity contribution in [3.05, 3.63) is 51.4 Å². The molecule has 2 aromatic rings. The van der Waals surface area contributed by atoms with Gasteiger partial charge in [0.2, 0.25) is 5.56 Å². The minimum atomic E-state index is -0.719. The second kappa shape index (κ2) is 11.1. The largest absolute Gasteiger partial charge is 0.391 e. The lowest BCUT2D eigenvalue weighted by Crippen LogP contribution is -2.33. The molecule has 1 amide bonds. The zero-order valence-corrected chi connectivity index (χ0v) is 18.9. The highest BCUT2D eigenvalue weighted by Crippen LogP contribution is 2.24. The van der Waals surface area contributed by atoms with E-state index >= 15 is 0 Å². The van der Waals surface area contributed by atoms with Crippen molar-refractivity contribution in [1.82, 2.24) is 15.3 Å². The lowest BCUT2D eigenvalue weighted by atomic mass is 9.93. The van der Waals surface area contributed by atoms with Crippen molar-refractivity contribution in [3.63, 3.8) is 0 Å². The van der Waals surface area contributed by atoms with Crippen LogP contribution in [0.4, 0.5) is 11.6 Å². The normalized spacial score (nSPS) is 14.5. The molecule has 0 spiro atoms. The molecule has 6 N–H and O–H groups in total. The van der Waals surface area contributed by atoms with Crippen LogP contribution in [0, 0.1) is 0 Å². The molecular weight excluding hydrogens is 408 g/mol. The number of pyridine rings is 2. The average Bonchev–Trinajstić information content (AvgIpc) is 2.78. The summed E-state index contributed by atoms with van der Waals surface area (Å²) in [6, 6.07) is 5.42. The van der Waals surface area contributed by atoms with Crippen molar-refractivity contribution < 1.29 is 9.90 Å². The summed E-state index contributed by atoms with van der Waals surface area (Å²) in [5.41, 5.74) is 7.67. The highest BCUT2D eigenvalue weighted by atomic mass is 16.3. The minimum Gasteiger partial charge on any atom is -0.391 e. The van der Waals surface area contributed by atoms with Gasteiger partial charge in [0.05, 0.1) is 6.10 Å². The van der Waals surface area contributed by atoms with Crippen LogP contribution in [0.25, 0.3) is 0 Å².